The number of nitrogens with zero attached hydrogens (tertiary/aromatic N) is 4. The molecule has 1 aromatic carbocycles. The van der Waals surface area contributed by atoms with Gasteiger partial charge in [0.1, 0.15) is 5.82 Å². The molecule has 2 atom stereocenters. The highest BCUT2D eigenvalue weighted by Gasteiger charge is 2.34. The second kappa shape index (κ2) is 7.44. The fourth-order valence-electron chi connectivity index (χ4n) is 4.18. The van der Waals surface area contributed by atoms with Gasteiger partial charge in [-0.15, -0.1) is 0 Å². The number of benzene rings is 1. The Kier molecular flexibility index (Phi) is 5.06. The fourth-order valence-corrected chi connectivity index (χ4v) is 4.30. The molecule has 2 saturated heterocycles. The van der Waals surface area contributed by atoms with Gasteiger partial charge < -0.3 is 9.64 Å². The predicted molar refractivity (Wildman–Crippen MR) is 98.9 cm³/mol. The van der Waals surface area contributed by atoms with Gasteiger partial charge in [0.25, 0.3) is 0 Å². The molecule has 0 aliphatic carbocycles. The number of hydrogen-bond acceptors (Lipinski definition) is 4. The molecule has 25 heavy (non-hydrogen) atoms. The molecule has 5 nitrogen and oxygen atoms in total. The number of hydrogen-bond donors (Lipinski definition) is 0. The van der Waals surface area contributed by atoms with Crippen LogP contribution in [0.2, 0.25) is 5.02 Å². The molecule has 2 unspecified atom stereocenters. The first kappa shape index (κ1) is 17.0. The maximum Gasteiger partial charge on any atom is 0.181 e. The molecule has 0 radical (unpaired) electrons. The number of rotatable bonds is 5. The summed E-state index contributed by atoms with van der Waals surface area (Å²) in [5.41, 5.74) is 1.01. The van der Waals surface area contributed by atoms with Gasteiger partial charge in [-0.1, -0.05) is 11.6 Å². The fraction of sp³-hybridized carbons (Fsp3) is 0.579. The van der Waals surface area contributed by atoms with E-state index >= 15 is 0 Å². The van der Waals surface area contributed by atoms with Crippen molar-refractivity contribution < 1.29 is 4.74 Å². The molecule has 2 aliphatic rings. The van der Waals surface area contributed by atoms with Crippen LogP contribution in [0.4, 0.5) is 0 Å². The van der Waals surface area contributed by atoms with Crippen molar-refractivity contribution in [2.24, 2.45) is 0 Å². The van der Waals surface area contributed by atoms with Gasteiger partial charge in [-0.3, -0.25) is 0 Å². The van der Waals surface area contributed by atoms with Crippen molar-refractivity contribution in [2.75, 3.05) is 26.8 Å². The van der Waals surface area contributed by atoms with Gasteiger partial charge in [-0.25, -0.2) is 9.67 Å². The van der Waals surface area contributed by atoms with E-state index in [-0.39, 0.29) is 0 Å². The maximum atomic E-state index is 6.01. The van der Waals surface area contributed by atoms with E-state index in [9.17, 15) is 0 Å². The lowest BCUT2D eigenvalue weighted by Gasteiger charge is -2.34. The average molecular weight is 361 g/mol. The molecule has 0 amide bonds. The minimum absolute atomic E-state index is 0.491. The zero-order valence-corrected chi connectivity index (χ0v) is 15.5. The topological polar surface area (TPSA) is 43.2 Å². The van der Waals surface area contributed by atoms with Crippen LogP contribution in [0, 0.1) is 0 Å². The SMILES string of the molecule is COCCn1nc(-c2ccc(Cl)cc2)nc1C1CCN2CCCC2C1. The summed E-state index contributed by atoms with van der Waals surface area (Å²) in [6.45, 7) is 3.85. The van der Waals surface area contributed by atoms with Crippen LogP contribution in [-0.4, -0.2) is 52.5 Å². The molecule has 0 spiro atoms. The van der Waals surface area contributed by atoms with Crippen molar-refractivity contribution in [1.82, 2.24) is 19.7 Å². The van der Waals surface area contributed by atoms with Crippen molar-refractivity contribution in [3.05, 3.63) is 35.1 Å². The zero-order valence-electron chi connectivity index (χ0n) is 14.7. The van der Waals surface area contributed by atoms with Crippen LogP contribution < -0.4 is 0 Å². The van der Waals surface area contributed by atoms with Crippen LogP contribution in [0.5, 0.6) is 0 Å². The summed E-state index contributed by atoms with van der Waals surface area (Å²) in [5.74, 6) is 2.40. The Labute approximate surface area is 153 Å². The lowest BCUT2D eigenvalue weighted by molar-refractivity contribution is 0.166. The highest BCUT2D eigenvalue weighted by atomic mass is 35.5. The molecule has 134 valence electrons. The molecule has 4 rings (SSSR count). The van der Waals surface area contributed by atoms with Crippen LogP contribution >= 0.6 is 11.6 Å². The van der Waals surface area contributed by atoms with E-state index < -0.39 is 0 Å². The molecular formula is C19H25ClN4O. The Hall–Kier alpha value is -1.43. The summed E-state index contributed by atoms with van der Waals surface area (Å²) < 4.78 is 7.33. The van der Waals surface area contributed by atoms with Crippen molar-refractivity contribution in [3.8, 4) is 11.4 Å². The Morgan fingerprint density at radius 3 is 2.84 bits per heavy atom. The first-order valence-electron chi connectivity index (χ1n) is 9.18. The minimum Gasteiger partial charge on any atom is -0.383 e. The smallest absolute Gasteiger partial charge is 0.181 e. The Morgan fingerprint density at radius 1 is 1.20 bits per heavy atom. The van der Waals surface area contributed by atoms with E-state index in [0.717, 1.165) is 34.8 Å². The van der Waals surface area contributed by atoms with E-state index in [4.69, 9.17) is 26.4 Å². The van der Waals surface area contributed by atoms with E-state index in [0.29, 0.717) is 12.5 Å². The summed E-state index contributed by atoms with van der Waals surface area (Å²) in [5, 5.41) is 5.51. The molecule has 0 bridgehead atoms. The number of fused-ring (bicyclic) bond motifs is 1. The van der Waals surface area contributed by atoms with Crippen LogP contribution in [0.25, 0.3) is 11.4 Å². The largest absolute Gasteiger partial charge is 0.383 e. The molecule has 0 saturated carbocycles. The summed E-state index contributed by atoms with van der Waals surface area (Å²) in [6, 6.07) is 8.49. The Balaban J connectivity index is 1.61. The zero-order chi connectivity index (χ0) is 17.2. The van der Waals surface area contributed by atoms with Crippen LogP contribution in [-0.2, 0) is 11.3 Å². The van der Waals surface area contributed by atoms with Gasteiger partial charge in [0.15, 0.2) is 5.82 Å². The second-order valence-corrected chi connectivity index (χ2v) is 7.51. The lowest BCUT2D eigenvalue weighted by Crippen LogP contribution is -2.37. The number of ether oxygens (including phenoxy) is 1. The van der Waals surface area contributed by atoms with E-state index in [1.807, 2.05) is 24.3 Å². The van der Waals surface area contributed by atoms with E-state index in [1.165, 1.54) is 38.8 Å². The van der Waals surface area contributed by atoms with Crippen molar-refractivity contribution in [1.29, 1.82) is 0 Å². The molecule has 3 heterocycles. The molecule has 0 N–H and O–H groups in total. The molecule has 2 aliphatic heterocycles. The Bertz CT molecular complexity index is 715. The number of piperidine rings is 1. The molecule has 6 heteroatoms. The summed E-state index contributed by atoms with van der Waals surface area (Å²) in [4.78, 5) is 7.58. The third kappa shape index (κ3) is 3.59. The first-order valence-corrected chi connectivity index (χ1v) is 9.56. The molecule has 1 aromatic heterocycles. The Morgan fingerprint density at radius 2 is 2.04 bits per heavy atom. The van der Waals surface area contributed by atoms with Gasteiger partial charge in [0, 0.05) is 29.7 Å². The van der Waals surface area contributed by atoms with Crippen molar-refractivity contribution in [2.45, 2.75) is 44.2 Å². The number of aromatic nitrogens is 3. The maximum absolute atomic E-state index is 6.01. The molecule has 2 aromatic rings. The summed E-state index contributed by atoms with van der Waals surface area (Å²) in [6.07, 6.45) is 5.03. The van der Waals surface area contributed by atoms with Gasteiger partial charge in [0.2, 0.25) is 0 Å². The quantitative estimate of drug-likeness (QED) is 0.817. The highest BCUT2D eigenvalue weighted by Crippen LogP contribution is 2.36. The molecule has 2 fully saturated rings. The van der Waals surface area contributed by atoms with Crippen LogP contribution in [0.3, 0.4) is 0 Å². The van der Waals surface area contributed by atoms with Gasteiger partial charge in [-0.05, 0) is 63.0 Å². The second-order valence-electron chi connectivity index (χ2n) is 7.07. The number of halogens is 1. The van der Waals surface area contributed by atoms with E-state index in [2.05, 4.69) is 9.58 Å². The van der Waals surface area contributed by atoms with E-state index in [1.54, 1.807) is 7.11 Å². The minimum atomic E-state index is 0.491. The summed E-state index contributed by atoms with van der Waals surface area (Å²) >= 11 is 6.01. The molecular weight excluding hydrogens is 336 g/mol. The van der Waals surface area contributed by atoms with Crippen LogP contribution in [0.15, 0.2) is 24.3 Å². The van der Waals surface area contributed by atoms with Crippen molar-refractivity contribution in [3.63, 3.8) is 0 Å². The first-order chi connectivity index (χ1) is 12.2. The highest BCUT2D eigenvalue weighted by molar-refractivity contribution is 6.30. The van der Waals surface area contributed by atoms with Crippen molar-refractivity contribution >= 4 is 11.6 Å². The predicted octanol–water partition coefficient (Wildman–Crippen LogP) is 3.59. The third-order valence-electron chi connectivity index (χ3n) is 5.50. The van der Waals surface area contributed by atoms with Gasteiger partial charge in [0.05, 0.1) is 13.2 Å². The average Bonchev–Trinajstić information content (AvgIpc) is 3.26. The lowest BCUT2D eigenvalue weighted by atomic mass is 9.90. The van der Waals surface area contributed by atoms with Crippen LogP contribution in [0.1, 0.15) is 37.4 Å². The monoisotopic (exact) mass is 360 g/mol. The number of methoxy groups -OCH3 is 1. The normalized spacial score (nSPS) is 23.8. The van der Waals surface area contributed by atoms with Gasteiger partial charge in [-0.2, -0.15) is 5.10 Å². The standard InChI is InChI=1S/C19H25ClN4O/c1-25-12-11-24-19(15-8-10-23-9-2-3-17(23)13-15)21-18(22-24)14-4-6-16(20)7-5-14/h4-7,15,17H,2-3,8-13H2,1H3. The van der Waals surface area contributed by atoms with Gasteiger partial charge >= 0.3 is 0 Å². The summed E-state index contributed by atoms with van der Waals surface area (Å²) in [7, 11) is 1.73. The third-order valence-corrected chi connectivity index (χ3v) is 5.75.